The molecule has 8 aromatic carbocycles. The van der Waals surface area contributed by atoms with Gasteiger partial charge >= 0.3 is 0 Å². The molecule has 0 bridgehead atoms. The summed E-state index contributed by atoms with van der Waals surface area (Å²) in [6.45, 7) is 0. The molecule has 0 unspecified atom stereocenters. The molecule has 6 heteroatoms. The van der Waals surface area contributed by atoms with Gasteiger partial charge in [-0.15, -0.1) is 22.7 Å². The van der Waals surface area contributed by atoms with Crippen LogP contribution in [0.1, 0.15) is 44.5 Å². The van der Waals surface area contributed by atoms with Crippen molar-refractivity contribution < 1.29 is 0 Å². The van der Waals surface area contributed by atoms with Gasteiger partial charge in [-0.2, -0.15) is 0 Å². The van der Waals surface area contributed by atoms with Crippen molar-refractivity contribution in [3.8, 4) is 32.0 Å². The summed E-state index contributed by atoms with van der Waals surface area (Å²) in [5.41, 5.74) is 18.2. The van der Waals surface area contributed by atoms with Crippen LogP contribution in [0.3, 0.4) is 0 Å². The van der Waals surface area contributed by atoms with Crippen LogP contribution in [0.4, 0.5) is 32.8 Å². The molecule has 0 fully saturated rings. The highest BCUT2D eigenvalue weighted by Gasteiger charge is 2.48. The van der Waals surface area contributed by atoms with Crippen LogP contribution in [0.25, 0.3) is 32.0 Å². The maximum absolute atomic E-state index is 4.66. The highest BCUT2D eigenvalue weighted by Crippen LogP contribution is 2.59. The topological polar surface area (TPSA) is 32.3 Å². The van der Waals surface area contributed by atoms with Gasteiger partial charge in [0, 0.05) is 33.5 Å². The van der Waals surface area contributed by atoms with Crippen LogP contribution in [-0.2, 0) is 10.8 Å². The summed E-state index contributed by atoms with van der Waals surface area (Å²) in [5.74, 6) is 0. The number of hydrogen-bond acceptors (Lipinski definition) is 6. The fraction of sp³-hybridized carbons (Fsp3) is 0.0294. The zero-order chi connectivity index (χ0) is 49.1. The lowest BCUT2D eigenvalue weighted by molar-refractivity contribution is 0.768. The van der Waals surface area contributed by atoms with Crippen molar-refractivity contribution >= 4 is 55.4 Å². The standard InChI is InChI=1S/C68H46N4S2/c1-5-19-47(20-6-1)67(48-21-7-2-8-22-48)59-31-15-13-29-55(59)57-35-33-51(43-61(57)67)71(53-27-17-41-69-45-53)65-39-37-63(73-65)64-38-40-66(74-64)72(54-28-18-42-70-46-54)52-34-36-58-56-30-14-16-32-60(56)68(62(58)44-52,49-23-9-3-10-24-49)50-25-11-4-12-26-50/h1-46H. The van der Waals surface area contributed by atoms with Gasteiger partial charge in [-0.25, -0.2) is 0 Å². The van der Waals surface area contributed by atoms with Gasteiger partial charge in [0.25, 0.3) is 0 Å². The second-order valence-electron chi connectivity index (χ2n) is 18.9. The van der Waals surface area contributed by atoms with Crippen molar-refractivity contribution in [2.45, 2.75) is 10.8 Å². The summed E-state index contributed by atoms with van der Waals surface area (Å²) < 4.78 is 0. The number of pyridine rings is 2. The smallest absolute Gasteiger partial charge is 0.101 e. The molecule has 4 aromatic heterocycles. The van der Waals surface area contributed by atoms with Crippen molar-refractivity contribution in [1.82, 2.24) is 9.97 Å². The zero-order valence-corrected chi connectivity index (χ0v) is 41.8. The first-order chi connectivity index (χ1) is 36.7. The molecule has 350 valence electrons. The van der Waals surface area contributed by atoms with Gasteiger partial charge in [-0.3, -0.25) is 9.97 Å². The van der Waals surface area contributed by atoms with E-state index in [0.717, 1.165) is 32.8 Å². The lowest BCUT2D eigenvalue weighted by Gasteiger charge is -2.34. The normalized spacial score (nSPS) is 13.4. The molecular weight excluding hydrogens is 937 g/mol. The molecule has 0 N–H and O–H groups in total. The summed E-state index contributed by atoms with van der Waals surface area (Å²) in [5, 5.41) is 2.20. The highest BCUT2D eigenvalue weighted by atomic mass is 32.1. The van der Waals surface area contributed by atoms with Gasteiger partial charge < -0.3 is 9.80 Å². The van der Waals surface area contributed by atoms with E-state index in [9.17, 15) is 0 Å². The predicted molar refractivity (Wildman–Crippen MR) is 307 cm³/mol. The third-order valence-corrected chi connectivity index (χ3v) is 17.4. The Morgan fingerprint density at radius 1 is 0.284 bits per heavy atom. The van der Waals surface area contributed by atoms with E-state index >= 15 is 0 Å². The molecule has 4 heterocycles. The molecule has 0 atom stereocenters. The summed E-state index contributed by atoms with van der Waals surface area (Å²) in [4.78, 5) is 16.4. The zero-order valence-electron chi connectivity index (χ0n) is 40.2. The lowest BCUT2D eigenvalue weighted by Crippen LogP contribution is -2.28. The Balaban J connectivity index is 0.886. The van der Waals surface area contributed by atoms with Crippen molar-refractivity contribution in [1.29, 1.82) is 0 Å². The van der Waals surface area contributed by atoms with Crippen LogP contribution in [0.5, 0.6) is 0 Å². The van der Waals surface area contributed by atoms with Gasteiger partial charge in [0.2, 0.25) is 0 Å². The fourth-order valence-corrected chi connectivity index (χ4v) is 14.3. The van der Waals surface area contributed by atoms with Gasteiger partial charge in [0.1, 0.15) is 10.0 Å². The first-order valence-corrected chi connectivity index (χ1v) is 26.7. The minimum atomic E-state index is -0.521. The second-order valence-corrected chi connectivity index (χ2v) is 21.0. The first-order valence-electron chi connectivity index (χ1n) is 25.0. The number of nitrogens with zero attached hydrogens (tertiary/aromatic N) is 4. The van der Waals surface area contributed by atoms with E-state index in [4.69, 9.17) is 0 Å². The summed E-state index contributed by atoms with van der Waals surface area (Å²) in [7, 11) is 0. The monoisotopic (exact) mass is 982 g/mol. The number of benzene rings is 8. The number of fused-ring (bicyclic) bond motifs is 6. The van der Waals surface area contributed by atoms with Crippen LogP contribution in [0, 0.1) is 0 Å². The van der Waals surface area contributed by atoms with E-state index in [0.29, 0.717) is 0 Å². The first kappa shape index (κ1) is 43.8. The Morgan fingerprint density at radius 2 is 0.635 bits per heavy atom. The number of hydrogen-bond donors (Lipinski definition) is 0. The molecule has 4 nitrogen and oxygen atoms in total. The Labute approximate surface area is 439 Å². The maximum Gasteiger partial charge on any atom is 0.101 e. The third-order valence-electron chi connectivity index (χ3n) is 15.1. The minimum Gasteiger partial charge on any atom is -0.300 e. The van der Waals surface area contributed by atoms with Crippen LogP contribution in [0.15, 0.2) is 280 Å². The van der Waals surface area contributed by atoms with E-state index in [-0.39, 0.29) is 0 Å². The van der Waals surface area contributed by atoms with Gasteiger partial charge in [-0.05, 0) is 140 Å². The summed E-state index contributed by atoms with van der Waals surface area (Å²) in [6, 6.07) is 93.4. The molecule has 14 rings (SSSR count). The van der Waals surface area contributed by atoms with Crippen LogP contribution in [-0.4, -0.2) is 9.97 Å². The van der Waals surface area contributed by atoms with Crippen LogP contribution in [0.2, 0.25) is 0 Å². The SMILES string of the molecule is c1ccc(C2(c3ccccc3)c3ccccc3-c3ccc(N(c4cccnc4)c4ccc(-c5ccc(N(c6cccnc6)c6ccc7c(c6)C(c6ccccc6)(c6ccccc6)c6ccccc6-7)s5)s4)cc32)cc1. The molecule has 0 saturated heterocycles. The number of rotatable bonds is 11. The lowest BCUT2D eigenvalue weighted by atomic mass is 9.67. The van der Waals surface area contributed by atoms with E-state index in [1.165, 1.54) is 76.5 Å². The Kier molecular flexibility index (Phi) is 10.6. The molecule has 0 saturated carbocycles. The van der Waals surface area contributed by atoms with Gasteiger partial charge in [-0.1, -0.05) is 182 Å². The summed E-state index contributed by atoms with van der Waals surface area (Å²) in [6.07, 6.45) is 7.64. The Bertz CT molecular complexity index is 3630. The molecule has 0 radical (unpaired) electrons. The van der Waals surface area contributed by atoms with Crippen LogP contribution >= 0.6 is 22.7 Å². The molecular formula is C68H46N4S2. The minimum absolute atomic E-state index is 0.521. The van der Waals surface area contributed by atoms with Crippen molar-refractivity contribution in [2.75, 3.05) is 9.80 Å². The molecule has 0 aliphatic heterocycles. The van der Waals surface area contributed by atoms with Gasteiger partial charge in [0.05, 0.1) is 34.6 Å². The fourth-order valence-electron chi connectivity index (χ4n) is 12.1. The third kappa shape index (κ3) is 6.79. The molecule has 0 amide bonds. The summed E-state index contributed by atoms with van der Waals surface area (Å²) >= 11 is 3.59. The average Bonchev–Trinajstić information content (AvgIpc) is 4.28. The number of thiophene rings is 2. The number of anilines is 6. The highest BCUT2D eigenvalue weighted by molar-refractivity contribution is 7.26. The number of aromatic nitrogens is 2. The van der Waals surface area contributed by atoms with Crippen molar-refractivity contribution in [3.05, 3.63) is 324 Å². The molecule has 12 aromatic rings. The van der Waals surface area contributed by atoms with Crippen LogP contribution < -0.4 is 9.80 Å². The van der Waals surface area contributed by atoms with E-state index < -0.39 is 10.8 Å². The van der Waals surface area contributed by atoms with Crippen molar-refractivity contribution in [2.24, 2.45) is 0 Å². The van der Waals surface area contributed by atoms with Crippen molar-refractivity contribution in [3.63, 3.8) is 0 Å². The van der Waals surface area contributed by atoms with Gasteiger partial charge in [0.15, 0.2) is 0 Å². The maximum atomic E-state index is 4.66. The van der Waals surface area contributed by atoms with E-state index in [2.05, 4.69) is 262 Å². The molecule has 0 spiro atoms. The Morgan fingerprint density at radius 3 is 1.00 bits per heavy atom. The molecule has 74 heavy (non-hydrogen) atoms. The predicted octanol–water partition coefficient (Wildman–Crippen LogP) is 17.9. The quantitative estimate of drug-likeness (QED) is 0.129. The molecule has 2 aliphatic rings. The largest absolute Gasteiger partial charge is 0.300 e. The molecule has 2 aliphatic carbocycles. The Hall–Kier alpha value is -8.94. The van der Waals surface area contributed by atoms with E-state index in [1.807, 2.05) is 36.9 Å². The average molecular weight is 983 g/mol. The van der Waals surface area contributed by atoms with E-state index in [1.54, 1.807) is 22.7 Å². The second kappa shape index (κ2) is 18.0.